The summed E-state index contributed by atoms with van der Waals surface area (Å²) < 4.78 is 5.85. The van der Waals surface area contributed by atoms with E-state index in [1.807, 2.05) is 54.6 Å². The highest BCUT2D eigenvalue weighted by molar-refractivity contribution is 5.83. The maximum atomic E-state index is 11.4. The normalized spacial score (nSPS) is 18.5. The standard InChI is InChI=1S/C23H24N4O3/c24-21-20(15-9-11-19(12-10-15)30-18-7-2-1-3-8-18)22(26-14-25-21)27-17-6-4-5-16(13-17)23(28)29/h1-3,7-12,14,16-17H,4-6,13H2,(H,28,29)(H3,24,25,26,27)/t16-,17+/m1/s1. The number of carbonyl (C=O) groups is 1. The largest absolute Gasteiger partial charge is 0.481 e. The third-order valence-electron chi connectivity index (χ3n) is 5.36. The lowest BCUT2D eigenvalue weighted by atomic mass is 9.85. The van der Waals surface area contributed by atoms with Crippen molar-refractivity contribution in [3.05, 3.63) is 60.9 Å². The van der Waals surface area contributed by atoms with Gasteiger partial charge in [-0.3, -0.25) is 4.79 Å². The Bertz CT molecular complexity index is 1010. The number of nitrogens with zero attached hydrogens (tertiary/aromatic N) is 2. The minimum absolute atomic E-state index is 0.0357. The lowest BCUT2D eigenvalue weighted by Crippen LogP contribution is -2.31. The molecule has 7 nitrogen and oxygen atoms in total. The first-order valence-electron chi connectivity index (χ1n) is 10.0. The van der Waals surface area contributed by atoms with Crippen LogP contribution in [0.2, 0.25) is 0 Å². The van der Waals surface area contributed by atoms with Crippen LogP contribution in [0.25, 0.3) is 11.1 Å². The molecule has 0 spiro atoms. The van der Waals surface area contributed by atoms with Gasteiger partial charge in [0.25, 0.3) is 0 Å². The van der Waals surface area contributed by atoms with Gasteiger partial charge < -0.3 is 20.9 Å². The lowest BCUT2D eigenvalue weighted by Gasteiger charge is -2.28. The van der Waals surface area contributed by atoms with Gasteiger partial charge in [-0.2, -0.15) is 0 Å². The Morgan fingerprint density at radius 3 is 2.50 bits per heavy atom. The number of nitrogens with one attached hydrogen (secondary N) is 1. The molecule has 4 rings (SSSR count). The third kappa shape index (κ3) is 4.51. The van der Waals surface area contributed by atoms with E-state index in [0.29, 0.717) is 29.4 Å². The van der Waals surface area contributed by atoms with E-state index < -0.39 is 5.97 Å². The Kier molecular flexibility index (Phi) is 5.79. The number of para-hydroxylation sites is 1. The van der Waals surface area contributed by atoms with Gasteiger partial charge in [0, 0.05) is 6.04 Å². The van der Waals surface area contributed by atoms with Gasteiger partial charge in [-0.15, -0.1) is 0 Å². The van der Waals surface area contributed by atoms with Crippen LogP contribution >= 0.6 is 0 Å². The number of aromatic nitrogens is 2. The first kappa shape index (κ1) is 19.7. The SMILES string of the molecule is Nc1ncnc(N[C@H]2CCC[C@@H](C(=O)O)C2)c1-c1ccc(Oc2ccccc2)cc1. The van der Waals surface area contributed by atoms with Gasteiger partial charge >= 0.3 is 5.97 Å². The van der Waals surface area contributed by atoms with Gasteiger partial charge in [0.1, 0.15) is 29.5 Å². The van der Waals surface area contributed by atoms with Crippen molar-refractivity contribution in [1.29, 1.82) is 0 Å². The van der Waals surface area contributed by atoms with Crippen molar-refractivity contribution < 1.29 is 14.6 Å². The molecule has 0 saturated heterocycles. The van der Waals surface area contributed by atoms with Crippen LogP contribution < -0.4 is 15.8 Å². The average Bonchev–Trinajstić information content (AvgIpc) is 2.76. The Labute approximate surface area is 174 Å². The predicted octanol–water partition coefficient (Wildman–Crippen LogP) is 4.57. The monoisotopic (exact) mass is 404 g/mol. The van der Waals surface area contributed by atoms with Crippen molar-refractivity contribution in [2.24, 2.45) is 5.92 Å². The van der Waals surface area contributed by atoms with Crippen LogP contribution in [0.4, 0.5) is 11.6 Å². The zero-order valence-corrected chi connectivity index (χ0v) is 16.5. The zero-order valence-electron chi connectivity index (χ0n) is 16.5. The molecule has 3 aromatic rings. The van der Waals surface area contributed by atoms with E-state index in [2.05, 4.69) is 15.3 Å². The molecule has 4 N–H and O–H groups in total. The topological polar surface area (TPSA) is 110 Å². The Balaban J connectivity index is 1.55. The molecule has 7 heteroatoms. The van der Waals surface area contributed by atoms with Crippen molar-refractivity contribution in [2.45, 2.75) is 31.7 Å². The summed E-state index contributed by atoms with van der Waals surface area (Å²) >= 11 is 0. The van der Waals surface area contributed by atoms with Gasteiger partial charge in [0.2, 0.25) is 0 Å². The van der Waals surface area contributed by atoms with E-state index in [1.54, 1.807) is 0 Å². The van der Waals surface area contributed by atoms with Crippen molar-refractivity contribution >= 4 is 17.6 Å². The molecule has 2 aromatic carbocycles. The molecule has 0 aliphatic heterocycles. The second-order valence-electron chi connectivity index (χ2n) is 7.47. The van der Waals surface area contributed by atoms with Gasteiger partial charge in [-0.25, -0.2) is 9.97 Å². The molecule has 0 unspecified atom stereocenters. The highest BCUT2D eigenvalue weighted by atomic mass is 16.5. The Morgan fingerprint density at radius 1 is 1.03 bits per heavy atom. The Morgan fingerprint density at radius 2 is 1.77 bits per heavy atom. The summed E-state index contributed by atoms with van der Waals surface area (Å²) in [6, 6.07) is 17.2. The van der Waals surface area contributed by atoms with Crippen LogP contribution in [0.5, 0.6) is 11.5 Å². The van der Waals surface area contributed by atoms with Crippen molar-refractivity contribution in [1.82, 2.24) is 9.97 Å². The molecule has 1 aliphatic rings. The number of rotatable bonds is 6. The van der Waals surface area contributed by atoms with Gasteiger partial charge in [0.05, 0.1) is 11.5 Å². The van der Waals surface area contributed by atoms with E-state index in [-0.39, 0.29) is 12.0 Å². The minimum atomic E-state index is -0.738. The second kappa shape index (κ2) is 8.82. The molecule has 0 bridgehead atoms. The van der Waals surface area contributed by atoms with E-state index in [1.165, 1.54) is 6.33 Å². The molecule has 1 heterocycles. The summed E-state index contributed by atoms with van der Waals surface area (Å²) in [5.74, 6) is 1.41. The second-order valence-corrected chi connectivity index (χ2v) is 7.47. The number of benzene rings is 2. The average molecular weight is 404 g/mol. The van der Waals surface area contributed by atoms with Crippen LogP contribution in [0.3, 0.4) is 0 Å². The number of hydrogen-bond donors (Lipinski definition) is 3. The van der Waals surface area contributed by atoms with Crippen LogP contribution in [0.1, 0.15) is 25.7 Å². The number of aliphatic carboxylic acids is 1. The van der Waals surface area contributed by atoms with E-state index in [4.69, 9.17) is 10.5 Å². The van der Waals surface area contributed by atoms with E-state index in [9.17, 15) is 9.90 Å². The summed E-state index contributed by atoms with van der Waals surface area (Å²) in [7, 11) is 0. The van der Waals surface area contributed by atoms with Crippen LogP contribution in [-0.2, 0) is 4.79 Å². The predicted molar refractivity (Wildman–Crippen MR) is 115 cm³/mol. The first-order chi connectivity index (χ1) is 14.6. The minimum Gasteiger partial charge on any atom is -0.481 e. The molecule has 30 heavy (non-hydrogen) atoms. The highest BCUT2D eigenvalue weighted by Gasteiger charge is 2.28. The quantitative estimate of drug-likeness (QED) is 0.552. The molecule has 0 amide bonds. The van der Waals surface area contributed by atoms with Crippen LogP contribution in [-0.4, -0.2) is 27.1 Å². The summed E-state index contributed by atoms with van der Waals surface area (Å²) in [6.07, 6.45) is 4.48. The maximum Gasteiger partial charge on any atom is 0.306 e. The molecule has 1 fully saturated rings. The van der Waals surface area contributed by atoms with E-state index in [0.717, 1.165) is 30.6 Å². The first-order valence-corrected chi connectivity index (χ1v) is 10.0. The number of nitrogens with two attached hydrogens (primary N) is 1. The van der Waals surface area contributed by atoms with Gasteiger partial charge in [0.15, 0.2) is 0 Å². The lowest BCUT2D eigenvalue weighted by molar-refractivity contribution is -0.142. The third-order valence-corrected chi connectivity index (χ3v) is 5.36. The number of ether oxygens (including phenoxy) is 1. The van der Waals surface area contributed by atoms with Gasteiger partial charge in [-0.1, -0.05) is 36.8 Å². The summed E-state index contributed by atoms with van der Waals surface area (Å²) in [5, 5.41) is 12.7. The molecular weight excluding hydrogens is 380 g/mol. The molecule has 1 aliphatic carbocycles. The fraction of sp³-hybridized carbons (Fsp3) is 0.261. The summed E-state index contributed by atoms with van der Waals surface area (Å²) in [4.78, 5) is 19.9. The zero-order chi connectivity index (χ0) is 20.9. The molecule has 154 valence electrons. The maximum absolute atomic E-state index is 11.4. The molecule has 0 radical (unpaired) electrons. The smallest absolute Gasteiger partial charge is 0.306 e. The number of hydrogen-bond acceptors (Lipinski definition) is 6. The summed E-state index contributed by atoms with van der Waals surface area (Å²) in [5.41, 5.74) is 7.75. The number of carboxylic acid groups (broad SMARTS) is 1. The Hall–Kier alpha value is -3.61. The van der Waals surface area contributed by atoms with Crippen molar-refractivity contribution in [3.63, 3.8) is 0 Å². The molecule has 1 aromatic heterocycles. The van der Waals surface area contributed by atoms with Gasteiger partial charge in [-0.05, 0) is 49.1 Å². The van der Waals surface area contributed by atoms with E-state index >= 15 is 0 Å². The number of carboxylic acids is 1. The fourth-order valence-corrected chi connectivity index (χ4v) is 3.85. The molecule has 1 saturated carbocycles. The fourth-order valence-electron chi connectivity index (χ4n) is 3.85. The highest BCUT2D eigenvalue weighted by Crippen LogP contribution is 2.35. The van der Waals surface area contributed by atoms with Crippen molar-refractivity contribution in [2.75, 3.05) is 11.1 Å². The van der Waals surface area contributed by atoms with Crippen LogP contribution in [0.15, 0.2) is 60.9 Å². The van der Waals surface area contributed by atoms with Crippen molar-refractivity contribution in [3.8, 4) is 22.6 Å². The van der Waals surface area contributed by atoms with Crippen LogP contribution in [0, 0.1) is 5.92 Å². The number of anilines is 2. The number of nitrogen functional groups attached to an aromatic ring is 1. The molecule has 2 atom stereocenters. The molecular formula is C23H24N4O3. The summed E-state index contributed by atoms with van der Waals surface area (Å²) in [6.45, 7) is 0.